The highest BCUT2D eigenvalue weighted by atomic mass is 32.2. The summed E-state index contributed by atoms with van der Waals surface area (Å²) >= 11 is 1.80. The van der Waals surface area contributed by atoms with Crippen LogP contribution in [0.2, 0.25) is 0 Å². The minimum Gasteiger partial charge on any atom is -0.497 e. The molecule has 0 heterocycles. The van der Waals surface area contributed by atoms with E-state index in [1.807, 2.05) is 25.2 Å². The highest BCUT2D eigenvalue weighted by Gasteiger charge is 2.06. The Labute approximate surface area is 102 Å². The van der Waals surface area contributed by atoms with Crippen molar-refractivity contribution >= 4 is 11.8 Å². The lowest BCUT2D eigenvalue weighted by atomic mass is 10.3. The highest BCUT2D eigenvalue weighted by molar-refractivity contribution is 7.99. The molecule has 0 aliphatic heterocycles. The molecule has 4 heteroatoms. The molecule has 0 spiro atoms. The lowest BCUT2D eigenvalue weighted by molar-refractivity contribution is 0.177. The Balaban J connectivity index is 2.46. The second kappa shape index (κ2) is 7.54. The molecule has 0 amide bonds. The van der Waals surface area contributed by atoms with Crippen LogP contribution in [-0.4, -0.2) is 39.7 Å². The fourth-order valence-electron chi connectivity index (χ4n) is 1.30. The van der Waals surface area contributed by atoms with Crippen LogP contribution in [-0.2, 0) is 4.74 Å². The molecule has 16 heavy (non-hydrogen) atoms. The van der Waals surface area contributed by atoms with Gasteiger partial charge in [0, 0.05) is 23.8 Å². The van der Waals surface area contributed by atoms with Crippen LogP contribution in [0.5, 0.6) is 5.75 Å². The smallest absolute Gasteiger partial charge is 0.119 e. The van der Waals surface area contributed by atoms with Crippen LogP contribution in [0.3, 0.4) is 0 Å². The lowest BCUT2D eigenvalue weighted by Crippen LogP contribution is -2.32. The molecule has 1 rings (SSSR count). The summed E-state index contributed by atoms with van der Waals surface area (Å²) in [4.78, 5) is 1.22. The first-order chi connectivity index (χ1) is 7.80. The maximum absolute atomic E-state index is 5.18. The molecular formula is C12H19NO2S. The van der Waals surface area contributed by atoms with Gasteiger partial charge < -0.3 is 14.8 Å². The van der Waals surface area contributed by atoms with Crippen molar-refractivity contribution in [3.63, 3.8) is 0 Å². The minimum absolute atomic E-state index is 0.376. The third-order valence-corrected chi connectivity index (χ3v) is 3.42. The molecule has 0 saturated carbocycles. The number of ether oxygens (including phenoxy) is 2. The molecular weight excluding hydrogens is 222 g/mol. The van der Waals surface area contributed by atoms with Gasteiger partial charge in [0.1, 0.15) is 5.75 Å². The van der Waals surface area contributed by atoms with Gasteiger partial charge >= 0.3 is 0 Å². The molecule has 0 radical (unpaired) electrons. The molecule has 0 saturated heterocycles. The third kappa shape index (κ3) is 4.43. The van der Waals surface area contributed by atoms with E-state index in [4.69, 9.17) is 9.47 Å². The number of thioether (sulfide) groups is 1. The van der Waals surface area contributed by atoms with Crippen molar-refractivity contribution in [2.24, 2.45) is 0 Å². The zero-order valence-corrected chi connectivity index (χ0v) is 10.8. The first kappa shape index (κ1) is 13.4. The third-order valence-electron chi connectivity index (χ3n) is 2.27. The van der Waals surface area contributed by atoms with E-state index in [2.05, 4.69) is 11.4 Å². The Kier molecular flexibility index (Phi) is 6.30. The number of hydrogen-bond acceptors (Lipinski definition) is 4. The SMILES string of the molecule is CNC(COC)CSc1cccc(OC)c1. The summed E-state index contributed by atoms with van der Waals surface area (Å²) < 4.78 is 10.3. The Hall–Kier alpha value is -0.710. The Morgan fingerprint density at radius 2 is 2.19 bits per heavy atom. The van der Waals surface area contributed by atoms with E-state index < -0.39 is 0 Å². The maximum Gasteiger partial charge on any atom is 0.119 e. The molecule has 0 aliphatic carbocycles. The first-order valence-electron chi connectivity index (χ1n) is 5.23. The Morgan fingerprint density at radius 1 is 1.38 bits per heavy atom. The van der Waals surface area contributed by atoms with Crippen LogP contribution in [0.25, 0.3) is 0 Å². The second-order valence-electron chi connectivity index (χ2n) is 3.43. The summed E-state index contributed by atoms with van der Waals surface area (Å²) in [5.74, 6) is 1.88. The lowest BCUT2D eigenvalue weighted by Gasteiger charge is -2.14. The molecule has 1 N–H and O–H groups in total. The van der Waals surface area contributed by atoms with Crippen molar-refractivity contribution in [2.45, 2.75) is 10.9 Å². The topological polar surface area (TPSA) is 30.5 Å². The standard InChI is InChI=1S/C12H19NO2S/c1-13-10(8-14-2)9-16-12-6-4-5-11(7-12)15-3/h4-7,10,13H,8-9H2,1-3H3. The predicted molar refractivity (Wildman–Crippen MR) is 68.4 cm³/mol. The van der Waals surface area contributed by atoms with Crippen LogP contribution in [0.15, 0.2) is 29.2 Å². The second-order valence-corrected chi connectivity index (χ2v) is 4.52. The summed E-state index contributed by atoms with van der Waals surface area (Å²) in [6.45, 7) is 0.730. The van der Waals surface area contributed by atoms with Gasteiger partial charge in [0.25, 0.3) is 0 Å². The summed E-state index contributed by atoms with van der Waals surface area (Å²) in [5.41, 5.74) is 0. The molecule has 0 aromatic heterocycles. The quantitative estimate of drug-likeness (QED) is 0.740. The molecule has 0 bridgehead atoms. The van der Waals surface area contributed by atoms with E-state index in [0.717, 1.165) is 18.1 Å². The number of nitrogens with one attached hydrogen (secondary N) is 1. The average Bonchev–Trinajstić information content (AvgIpc) is 2.34. The van der Waals surface area contributed by atoms with Gasteiger partial charge in [-0.2, -0.15) is 0 Å². The van der Waals surface area contributed by atoms with Crippen molar-refractivity contribution < 1.29 is 9.47 Å². The van der Waals surface area contributed by atoms with Crippen molar-refractivity contribution in [1.82, 2.24) is 5.32 Å². The predicted octanol–water partition coefficient (Wildman–Crippen LogP) is 2.02. The van der Waals surface area contributed by atoms with Crippen molar-refractivity contribution in [2.75, 3.05) is 33.6 Å². The van der Waals surface area contributed by atoms with Gasteiger partial charge in [-0.25, -0.2) is 0 Å². The number of benzene rings is 1. The monoisotopic (exact) mass is 241 g/mol. The summed E-state index contributed by atoms with van der Waals surface area (Å²) in [6.07, 6.45) is 0. The molecule has 90 valence electrons. The van der Waals surface area contributed by atoms with Crippen molar-refractivity contribution in [3.05, 3.63) is 24.3 Å². The molecule has 0 fully saturated rings. The summed E-state index contributed by atoms with van der Waals surface area (Å²) in [5, 5.41) is 3.22. The average molecular weight is 241 g/mol. The van der Waals surface area contributed by atoms with Crippen LogP contribution < -0.4 is 10.1 Å². The molecule has 1 atom stereocenters. The van der Waals surface area contributed by atoms with Crippen molar-refractivity contribution in [3.8, 4) is 5.75 Å². The van der Waals surface area contributed by atoms with Crippen LogP contribution >= 0.6 is 11.8 Å². The van der Waals surface area contributed by atoms with Crippen LogP contribution in [0.4, 0.5) is 0 Å². The number of hydrogen-bond donors (Lipinski definition) is 1. The molecule has 3 nitrogen and oxygen atoms in total. The van der Waals surface area contributed by atoms with E-state index in [0.29, 0.717) is 6.04 Å². The van der Waals surface area contributed by atoms with E-state index >= 15 is 0 Å². The Morgan fingerprint density at radius 3 is 2.81 bits per heavy atom. The molecule has 1 unspecified atom stereocenters. The molecule has 1 aromatic carbocycles. The van der Waals surface area contributed by atoms with Crippen LogP contribution in [0, 0.1) is 0 Å². The van der Waals surface area contributed by atoms with E-state index in [-0.39, 0.29) is 0 Å². The van der Waals surface area contributed by atoms with E-state index in [1.54, 1.807) is 26.0 Å². The van der Waals surface area contributed by atoms with Crippen LogP contribution in [0.1, 0.15) is 0 Å². The highest BCUT2D eigenvalue weighted by Crippen LogP contribution is 2.23. The number of rotatable bonds is 7. The number of methoxy groups -OCH3 is 2. The van der Waals surface area contributed by atoms with Gasteiger partial charge in [-0.15, -0.1) is 11.8 Å². The molecule has 0 aliphatic rings. The normalized spacial score (nSPS) is 12.4. The van der Waals surface area contributed by atoms with Gasteiger partial charge in [0.15, 0.2) is 0 Å². The fourth-order valence-corrected chi connectivity index (χ4v) is 2.33. The zero-order chi connectivity index (χ0) is 11.8. The maximum atomic E-state index is 5.18. The van der Waals surface area contributed by atoms with Gasteiger partial charge in [-0.1, -0.05) is 6.07 Å². The summed E-state index contributed by atoms with van der Waals surface area (Å²) in [7, 11) is 5.36. The zero-order valence-electron chi connectivity index (χ0n) is 10.0. The first-order valence-corrected chi connectivity index (χ1v) is 6.21. The molecule has 1 aromatic rings. The minimum atomic E-state index is 0.376. The van der Waals surface area contributed by atoms with Gasteiger partial charge in [0.2, 0.25) is 0 Å². The van der Waals surface area contributed by atoms with Gasteiger partial charge in [0.05, 0.1) is 13.7 Å². The van der Waals surface area contributed by atoms with E-state index in [9.17, 15) is 0 Å². The van der Waals surface area contributed by atoms with E-state index in [1.165, 1.54) is 4.90 Å². The fraction of sp³-hybridized carbons (Fsp3) is 0.500. The Bertz CT molecular complexity index is 307. The largest absolute Gasteiger partial charge is 0.497 e. The summed E-state index contributed by atoms with van der Waals surface area (Å²) in [6, 6.07) is 8.47. The number of likely N-dealkylation sites (N-methyl/N-ethyl adjacent to an activating group) is 1. The van der Waals surface area contributed by atoms with Crippen molar-refractivity contribution in [1.29, 1.82) is 0 Å². The van der Waals surface area contributed by atoms with Gasteiger partial charge in [-0.3, -0.25) is 0 Å². The van der Waals surface area contributed by atoms with Gasteiger partial charge in [-0.05, 0) is 25.2 Å².